The fraction of sp³-hybridized carbons (Fsp3) is 0.500. The lowest BCUT2D eigenvalue weighted by atomic mass is 9.94. The zero-order valence-electron chi connectivity index (χ0n) is 13.5. The number of ether oxygens (including phenoxy) is 1. The molecule has 1 fully saturated rings. The number of carbonyl (C=O) groups excluding carboxylic acids is 1. The summed E-state index contributed by atoms with van der Waals surface area (Å²) in [5.41, 5.74) is 1.41. The van der Waals surface area contributed by atoms with Crippen LogP contribution in [0.1, 0.15) is 49.0 Å². The molecule has 5 heteroatoms. The summed E-state index contributed by atoms with van der Waals surface area (Å²) in [4.78, 5) is 15.6. The monoisotopic (exact) mass is 316 g/mol. The van der Waals surface area contributed by atoms with Crippen LogP contribution in [-0.2, 0) is 0 Å². The number of carbonyl (C=O) groups is 1. The first-order valence-electron chi connectivity index (χ1n) is 8.33. The molecule has 0 saturated heterocycles. The minimum absolute atomic E-state index is 0.162. The molecule has 1 aromatic carbocycles. The smallest absolute Gasteiger partial charge is 0.268 e. The summed E-state index contributed by atoms with van der Waals surface area (Å²) in [5, 5.41) is 14.2. The Kier molecular flexibility index (Phi) is 4.86. The van der Waals surface area contributed by atoms with Gasteiger partial charge in [0.25, 0.3) is 5.91 Å². The SMILES string of the molecule is COc1ccc2[nH]c(C(=O)N[C@H]3CCCCCC[C@@H]3O)cc2c1. The maximum atomic E-state index is 12.5. The van der Waals surface area contributed by atoms with E-state index in [-0.39, 0.29) is 11.9 Å². The summed E-state index contributed by atoms with van der Waals surface area (Å²) in [6.07, 6.45) is 5.55. The van der Waals surface area contributed by atoms with Crippen LogP contribution in [0.4, 0.5) is 0 Å². The maximum absolute atomic E-state index is 12.5. The molecule has 124 valence electrons. The lowest BCUT2D eigenvalue weighted by Crippen LogP contribution is -2.43. The Morgan fingerprint density at radius 1 is 1.22 bits per heavy atom. The number of amides is 1. The van der Waals surface area contributed by atoms with Crippen LogP contribution in [0.15, 0.2) is 24.3 Å². The van der Waals surface area contributed by atoms with E-state index in [1.165, 1.54) is 12.8 Å². The molecule has 1 heterocycles. The van der Waals surface area contributed by atoms with Gasteiger partial charge in [-0.3, -0.25) is 4.79 Å². The van der Waals surface area contributed by atoms with Crippen molar-refractivity contribution in [3.63, 3.8) is 0 Å². The summed E-state index contributed by atoms with van der Waals surface area (Å²) in [6.45, 7) is 0. The largest absolute Gasteiger partial charge is 0.497 e. The molecular formula is C18H24N2O3. The zero-order chi connectivity index (χ0) is 16.2. The number of aromatic nitrogens is 1. The van der Waals surface area contributed by atoms with E-state index in [2.05, 4.69) is 10.3 Å². The van der Waals surface area contributed by atoms with Gasteiger partial charge in [0, 0.05) is 10.9 Å². The fourth-order valence-electron chi connectivity index (χ4n) is 3.24. The van der Waals surface area contributed by atoms with E-state index in [1.54, 1.807) is 7.11 Å². The highest BCUT2D eigenvalue weighted by molar-refractivity contribution is 5.98. The van der Waals surface area contributed by atoms with Gasteiger partial charge < -0.3 is 20.1 Å². The van der Waals surface area contributed by atoms with Gasteiger partial charge in [-0.05, 0) is 37.1 Å². The first kappa shape index (κ1) is 15.9. The average Bonchev–Trinajstić information content (AvgIpc) is 2.97. The molecule has 1 aromatic heterocycles. The standard InChI is InChI=1S/C18H24N2O3/c1-23-13-8-9-14-12(10-13)11-16(19-14)18(22)20-15-6-4-2-3-5-7-17(15)21/h8-11,15,17,19,21H,2-7H2,1H3,(H,20,22)/t15-,17-/m0/s1. The van der Waals surface area contributed by atoms with Gasteiger partial charge in [0.05, 0.1) is 19.3 Å². The number of fused-ring (bicyclic) bond motifs is 1. The molecule has 0 aliphatic heterocycles. The number of aromatic amines is 1. The van der Waals surface area contributed by atoms with Crippen LogP contribution in [0.2, 0.25) is 0 Å². The summed E-state index contributed by atoms with van der Waals surface area (Å²) in [7, 11) is 1.62. The molecule has 0 unspecified atom stereocenters. The first-order chi connectivity index (χ1) is 11.2. The topological polar surface area (TPSA) is 74.4 Å². The molecule has 2 atom stereocenters. The third kappa shape index (κ3) is 3.67. The van der Waals surface area contributed by atoms with Crippen LogP contribution in [-0.4, -0.2) is 35.3 Å². The number of hydrogen-bond acceptors (Lipinski definition) is 3. The van der Waals surface area contributed by atoms with E-state index in [1.807, 2.05) is 24.3 Å². The number of hydrogen-bond donors (Lipinski definition) is 3. The summed E-state index contributed by atoms with van der Waals surface area (Å²) in [6, 6.07) is 7.31. The van der Waals surface area contributed by atoms with E-state index < -0.39 is 6.10 Å². The third-order valence-electron chi connectivity index (χ3n) is 4.62. The van der Waals surface area contributed by atoms with Gasteiger partial charge in [0.15, 0.2) is 0 Å². The molecule has 1 amide bonds. The Labute approximate surface area is 136 Å². The molecule has 1 saturated carbocycles. The zero-order valence-corrected chi connectivity index (χ0v) is 13.5. The van der Waals surface area contributed by atoms with Crippen molar-refractivity contribution in [3.8, 4) is 5.75 Å². The first-order valence-corrected chi connectivity index (χ1v) is 8.33. The second-order valence-electron chi connectivity index (χ2n) is 6.28. The molecule has 23 heavy (non-hydrogen) atoms. The van der Waals surface area contributed by atoms with Crippen molar-refractivity contribution in [2.45, 2.75) is 50.7 Å². The summed E-state index contributed by atoms with van der Waals surface area (Å²) >= 11 is 0. The lowest BCUT2D eigenvalue weighted by Gasteiger charge is -2.26. The molecule has 0 bridgehead atoms. The van der Waals surface area contributed by atoms with E-state index in [4.69, 9.17) is 4.74 Å². The van der Waals surface area contributed by atoms with Crippen molar-refractivity contribution in [2.75, 3.05) is 7.11 Å². The number of benzene rings is 1. The average molecular weight is 316 g/mol. The van der Waals surface area contributed by atoms with Crippen LogP contribution in [0.25, 0.3) is 10.9 Å². The molecule has 1 aliphatic rings. The molecule has 0 spiro atoms. The van der Waals surface area contributed by atoms with Crippen LogP contribution in [0, 0.1) is 0 Å². The van der Waals surface area contributed by atoms with Crippen molar-refractivity contribution in [3.05, 3.63) is 30.0 Å². The van der Waals surface area contributed by atoms with Crippen LogP contribution in [0.5, 0.6) is 5.75 Å². The number of aliphatic hydroxyl groups is 1. The molecule has 5 nitrogen and oxygen atoms in total. The van der Waals surface area contributed by atoms with Gasteiger partial charge in [-0.1, -0.05) is 25.7 Å². The Balaban J connectivity index is 1.74. The van der Waals surface area contributed by atoms with Crippen molar-refractivity contribution < 1.29 is 14.6 Å². The predicted molar refractivity (Wildman–Crippen MR) is 89.8 cm³/mol. The van der Waals surface area contributed by atoms with E-state index in [9.17, 15) is 9.90 Å². The molecule has 3 N–H and O–H groups in total. The fourth-order valence-corrected chi connectivity index (χ4v) is 3.24. The van der Waals surface area contributed by atoms with Gasteiger partial charge >= 0.3 is 0 Å². The molecular weight excluding hydrogens is 292 g/mol. The van der Waals surface area contributed by atoms with Gasteiger partial charge in [-0.25, -0.2) is 0 Å². The van der Waals surface area contributed by atoms with Crippen molar-refractivity contribution in [1.82, 2.24) is 10.3 Å². The molecule has 0 radical (unpaired) electrons. The summed E-state index contributed by atoms with van der Waals surface area (Å²) in [5.74, 6) is 0.601. The van der Waals surface area contributed by atoms with Crippen molar-refractivity contribution in [2.24, 2.45) is 0 Å². The predicted octanol–water partition coefficient (Wildman–Crippen LogP) is 2.99. The Morgan fingerprint density at radius 3 is 2.78 bits per heavy atom. The van der Waals surface area contributed by atoms with Crippen LogP contribution in [0.3, 0.4) is 0 Å². The van der Waals surface area contributed by atoms with E-state index in [0.717, 1.165) is 42.3 Å². The highest BCUT2D eigenvalue weighted by atomic mass is 16.5. The molecule has 2 aromatic rings. The second-order valence-corrected chi connectivity index (χ2v) is 6.28. The second kappa shape index (κ2) is 7.04. The number of methoxy groups -OCH3 is 1. The summed E-state index contributed by atoms with van der Waals surface area (Å²) < 4.78 is 5.21. The minimum atomic E-state index is -0.455. The number of nitrogens with one attached hydrogen (secondary N) is 2. The minimum Gasteiger partial charge on any atom is -0.497 e. The van der Waals surface area contributed by atoms with Crippen LogP contribution < -0.4 is 10.1 Å². The Bertz CT molecular complexity index is 680. The number of aliphatic hydroxyl groups excluding tert-OH is 1. The third-order valence-corrected chi connectivity index (χ3v) is 4.62. The quantitative estimate of drug-likeness (QED) is 0.815. The van der Waals surface area contributed by atoms with E-state index >= 15 is 0 Å². The Hall–Kier alpha value is -2.01. The molecule has 1 aliphatic carbocycles. The Morgan fingerprint density at radius 2 is 2.00 bits per heavy atom. The molecule has 3 rings (SSSR count). The van der Waals surface area contributed by atoms with Gasteiger partial charge in [0.2, 0.25) is 0 Å². The van der Waals surface area contributed by atoms with Crippen LogP contribution >= 0.6 is 0 Å². The van der Waals surface area contributed by atoms with Gasteiger partial charge in [0.1, 0.15) is 11.4 Å². The number of rotatable bonds is 3. The highest BCUT2D eigenvalue weighted by Crippen LogP contribution is 2.22. The van der Waals surface area contributed by atoms with Crippen molar-refractivity contribution in [1.29, 1.82) is 0 Å². The highest BCUT2D eigenvalue weighted by Gasteiger charge is 2.23. The van der Waals surface area contributed by atoms with Crippen molar-refractivity contribution >= 4 is 16.8 Å². The van der Waals surface area contributed by atoms with Gasteiger partial charge in [-0.2, -0.15) is 0 Å². The number of H-pyrrole nitrogens is 1. The lowest BCUT2D eigenvalue weighted by molar-refractivity contribution is 0.0768. The van der Waals surface area contributed by atoms with E-state index in [0.29, 0.717) is 5.69 Å². The maximum Gasteiger partial charge on any atom is 0.268 e. The normalized spacial score (nSPS) is 22.3. The van der Waals surface area contributed by atoms with Gasteiger partial charge in [-0.15, -0.1) is 0 Å².